The number of rotatable bonds is 0. The molecule has 0 atom stereocenters. The highest BCUT2D eigenvalue weighted by Crippen LogP contribution is 2.30. The number of benzene rings is 1. The maximum absolute atomic E-state index is 11.9. The Hall–Kier alpha value is -2.36. The van der Waals surface area contributed by atoms with Gasteiger partial charge in [0.1, 0.15) is 0 Å². The molecule has 0 saturated carbocycles. The fourth-order valence-electron chi connectivity index (χ4n) is 1.64. The van der Waals surface area contributed by atoms with Crippen LogP contribution in [0.1, 0.15) is 10.4 Å². The number of aromatic nitrogens is 1. The summed E-state index contributed by atoms with van der Waals surface area (Å²) in [4.78, 5) is 16.0. The molecule has 3 rings (SSSR count). The first-order valence-electron chi connectivity index (χ1n) is 4.92. The number of nitrogens with one attached hydrogen (secondary N) is 1. The molecule has 1 aromatic heterocycles. The summed E-state index contributed by atoms with van der Waals surface area (Å²) in [6.45, 7) is 0. The minimum atomic E-state index is -0.170. The number of fused-ring (bicyclic) bond motifs is 2. The van der Waals surface area contributed by atoms with Crippen LogP contribution in [0.3, 0.4) is 0 Å². The number of hydrogen-bond donors (Lipinski definition) is 1. The Labute approximate surface area is 92.3 Å². The van der Waals surface area contributed by atoms with E-state index in [2.05, 4.69) is 15.6 Å². The highest BCUT2D eigenvalue weighted by atomic mass is 16.1. The zero-order valence-corrected chi connectivity index (χ0v) is 8.34. The molecule has 16 heavy (non-hydrogen) atoms. The largest absolute Gasteiger partial charge is 0.320 e. The Morgan fingerprint density at radius 2 is 1.94 bits per heavy atom. The van der Waals surface area contributed by atoms with Crippen LogP contribution < -0.4 is 10.6 Å². The molecule has 2 aromatic rings. The van der Waals surface area contributed by atoms with Crippen molar-refractivity contribution in [3.8, 4) is 0 Å². The van der Waals surface area contributed by atoms with E-state index in [0.29, 0.717) is 17.1 Å². The molecule has 0 bridgehead atoms. The Bertz CT molecular complexity index is 566. The van der Waals surface area contributed by atoms with E-state index in [0.717, 1.165) is 5.69 Å². The average molecular weight is 210 g/mol. The van der Waals surface area contributed by atoms with Gasteiger partial charge in [0.25, 0.3) is 5.91 Å². The van der Waals surface area contributed by atoms with Gasteiger partial charge in [0, 0.05) is 6.20 Å². The number of carbonyl (C=O) groups is 1. The van der Waals surface area contributed by atoms with Gasteiger partial charge in [0.2, 0.25) is 0 Å². The standard InChI is InChI=1S/C12H8N3O/c16-12-8-4-3-7-13-11(8)14-9-5-1-2-6-10(9)15-12/h1-7H,(H,15,16). The van der Waals surface area contributed by atoms with Crippen molar-refractivity contribution in [2.75, 3.05) is 5.32 Å². The molecular weight excluding hydrogens is 202 g/mol. The Morgan fingerprint density at radius 1 is 1.06 bits per heavy atom. The van der Waals surface area contributed by atoms with Crippen molar-refractivity contribution in [3.63, 3.8) is 0 Å². The predicted octanol–water partition coefficient (Wildman–Crippen LogP) is 2.21. The molecule has 1 aliphatic rings. The topological polar surface area (TPSA) is 56.1 Å². The molecule has 0 saturated heterocycles. The molecule has 1 amide bonds. The fraction of sp³-hybridized carbons (Fsp3) is 0. The van der Waals surface area contributed by atoms with Gasteiger partial charge in [-0.15, -0.1) is 0 Å². The summed E-state index contributed by atoms with van der Waals surface area (Å²) in [6, 6.07) is 10.8. The summed E-state index contributed by atoms with van der Waals surface area (Å²) < 4.78 is 0. The van der Waals surface area contributed by atoms with Gasteiger partial charge in [0.05, 0.1) is 16.9 Å². The first-order valence-corrected chi connectivity index (χ1v) is 4.92. The molecule has 0 unspecified atom stereocenters. The Kier molecular flexibility index (Phi) is 1.86. The van der Waals surface area contributed by atoms with Gasteiger partial charge >= 0.3 is 0 Å². The number of pyridine rings is 1. The van der Waals surface area contributed by atoms with Crippen molar-refractivity contribution in [1.82, 2.24) is 10.3 Å². The lowest BCUT2D eigenvalue weighted by atomic mass is 10.2. The van der Waals surface area contributed by atoms with Crippen LogP contribution >= 0.6 is 0 Å². The molecule has 2 heterocycles. The maximum atomic E-state index is 11.9. The summed E-state index contributed by atoms with van der Waals surface area (Å²) in [5, 5.41) is 7.16. The molecule has 1 N–H and O–H groups in total. The summed E-state index contributed by atoms with van der Waals surface area (Å²) in [5.41, 5.74) is 1.94. The number of anilines is 1. The van der Waals surface area contributed by atoms with Crippen LogP contribution in [0.5, 0.6) is 0 Å². The third kappa shape index (κ3) is 1.32. The summed E-state index contributed by atoms with van der Waals surface area (Å²) in [6.07, 6.45) is 1.63. The second-order valence-corrected chi connectivity index (χ2v) is 3.46. The normalized spacial score (nSPS) is 12.9. The zero-order chi connectivity index (χ0) is 11.0. The monoisotopic (exact) mass is 210 g/mol. The van der Waals surface area contributed by atoms with Crippen LogP contribution in [-0.4, -0.2) is 10.9 Å². The lowest BCUT2D eigenvalue weighted by Gasteiger charge is -2.03. The van der Waals surface area contributed by atoms with Gasteiger partial charge in [-0.2, -0.15) is 0 Å². The van der Waals surface area contributed by atoms with Crippen LogP contribution in [0.4, 0.5) is 17.2 Å². The van der Waals surface area contributed by atoms with Crippen molar-refractivity contribution < 1.29 is 4.79 Å². The molecule has 4 heteroatoms. The van der Waals surface area contributed by atoms with Crippen LogP contribution in [0.2, 0.25) is 0 Å². The van der Waals surface area contributed by atoms with E-state index < -0.39 is 0 Å². The molecule has 1 aromatic carbocycles. The van der Waals surface area contributed by atoms with E-state index in [1.54, 1.807) is 18.3 Å². The first-order chi connectivity index (χ1) is 7.84. The van der Waals surface area contributed by atoms with Crippen LogP contribution in [-0.2, 0) is 0 Å². The van der Waals surface area contributed by atoms with Gasteiger partial charge in [0.15, 0.2) is 5.82 Å². The fourth-order valence-corrected chi connectivity index (χ4v) is 1.64. The highest BCUT2D eigenvalue weighted by Gasteiger charge is 2.19. The number of carbonyl (C=O) groups excluding carboxylic acids is 1. The molecule has 0 fully saturated rings. The van der Waals surface area contributed by atoms with E-state index in [9.17, 15) is 4.79 Å². The summed E-state index contributed by atoms with van der Waals surface area (Å²) in [7, 11) is 0. The van der Waals surface area contributed by atoms with Gasteiger partial charge < -0.3 is 5.32 Å². The molecule has 1 radical (unpaired) electrons. The van der Waals surface area contributed by atoms with Crippen molar-refractivity contribution in [1.29, 1.82) is 0 Å². The smallest absolute Gasteiger partial charge is 0.259 e. The molecule has 0 aliphatic carbocycles. The lowest BCUT2D eigenvalue weighted by Crippen LogP contribution is -2.10. The Balaban J connectivity index is 2.18. The summed E-state index contributed by atoms with van der Waals surface area (Å²) in [5.74, 6) is 0.293. The average Bonchev–Trinajstić information content (AvgIpc) is 2.45. The SMILES string of the molecule is O=C1Nc2ccccc2[N]c2ncccc21. The third-order valence-electron chi connectivity index (χ3n) is 2.41. The van der Waals surface area contributed by atoms with Crippen molar-refractivity contribution in [3.05, 3.63) is 48.2 Å². The van der Waals surface area contributed by atoms with Gasteiger partial charge in [-0.3, -0.25) is 4.79 Å². The quantitative estimate of drug-likeness (QED) is 0.724. The van der Waals surface area contributed by atoms with Gasteiger partial charge in [-0.25, -0.2) is 10.3 Å². The number of hydrogen-bond acceptors (Lipinski definition) is 2. The van der Waals surface area contributed by atoms with Crippen molar-refractivity contribution in [2.45, 2.75) is 0 Å². The molecular formula is C12H8N3O. The minimum absolute atomic E-state index is 0.170. The maximum Gasteiger partial charge on any atom is 0.259 e. The summed E-state index contributed by atoms with van der Waals surface area (Å²) >= 11 is 0. The van der Waals surface area contributed by atoms with E-state index in [1.165, 1.54) is 0 Å². The predicted molar refractivity (Wildman–Crippen MR) is 60.1 cm³/mol. The number of para-hydroxylation sites is 2. The van der Waals surface area contributed by atoms with Crippen LogP contribution in [0.15, 0.2) is 42.6 Å². The van der Waals surface area contributed by atoms with Crippen molar-refractivity contribution >= 4 is 23.1 Å². The Morgan fingerprint density at radius 3 is 2.88 bits per heavy atom. The third-order valence-corrected chi connectivity index (χ3v) is 2.41. The van der Waals surface area contributed by atoms with E-state index in [4.69, 9.17) is 0 Å². The second-order valence-electron chi connectivity index (χ2n) is 3.46. The van der Waals surface area contributed by atoms with E-state index in [-0.39, 0.29) is 5.91 Å². The molecule has 0 spiro atoms. The first kappa shape index (κ1) is 8.91. The highest BCUT2D eigenvalue weighted by molar-refractivity contribution is 6.09. The van der Waals surface area contributed by atoms with Crippen molar-refractivity contribution in [2.24, 2.45) is 0 Å². The number of nitrogens with zero attached hydrogens (tertiary/aromatic N) is 2. The van der Waals surface area contributed by atoms with E-state index in [1.807, 2.05) is 24.3 Å². The van der Waals surface area contributed by atoms with Crippen LogP contribution in [0, 0.1) is 0 Å². The van der Waals surface area contributed by atoms with E-state index >= 15 is 0 Å². The van der Waals surface area contributed by atoms with Gasteiger partial charge in [-0.1, -0.05) is 12.1 Å². The molecule has 4 nitrogen and oxygen atoms in total. The molecule has 1 aliphatic heterocycles. The number of amides is 1. The zero-order valence-electron chi connectivity index (χ0n) is 8.34. The van der Waals surface area contributed by atoms with Crippen LogP contribution in [0.25, 0.3) is 0 Å². The lowest BCUT2D eigenvalue weighted by molar-refractivity contribution is 0.102. The van der Waals surface area contributed by atoms with Gasteiger partial charge in [-0.05, 0) is 24.3 Å². The second kappa shape index (κ2) is 3.34. The minimum Gasteiger partial charge on any atom is -0.320 e. The molecule has 77 valence electrons.